The van der Waals surface area contributed by atoms with Crippen LogP contribution >= 0.6 is 11.6 Å². The van der Waals surface area contributed by atoms with E-state index >= 15 is 0 Å². The molecule has 1 aliphatic rings. The molecule has 0 spiro atoms. The molecule has 2 nitrogen and oxygen atoms in total. The maximum atomic E-state index is 5.84. The van der Waals surface area contributed by atoms with Crippen LogP contribution in [0.5, 0.6) is 11.5 Å². The highest BCUT2D eigenvalue weighted by molar-refractivity contribution is 6.19. The Bertz CT molecular complexity index is 275. The standard InChI is InChI=1S/C9H8ClO2/c10-9-5-6-11-7-3-1-2-4-8(7)12-9/h2-4,9H,5-6H2. The SMILES string of the molecule is ClC1CCOc2c[c]ccc2O1. The van der Waals surface area contributed by atoms with E-state index in [0.717, 1.165) is 5.75 Å². The largest absolute Gasteiger partial charge is 0.489 e. The molecule has 1 heterocycles. The lowest BCUT2D eigenvalue weighted by molar-refractivity contribution is 0.265. The van der Waals surface area contributed by atoms with Crippen LogP contribution in [0.25, 0.3) is 0 Å². The zero-order valence-corrected chi connectivity index (χ0v) is 7.17. The minimum absolute atomic E-state index is 0.284. The molecule has 2 rings (SSSR count). The van der Waals surface area contributed by atoms with Crippen LogP contribution in [0.3, 0.4) is 0 Å². The van der Waals surface area contributed by atoms with Gasteiger partial charge in [-0.05, 0) is 18.2 Å². The molecule has 1 aliphatic heterocycles. The Hall–Kier alpha value is -0.890. The smallest absolute Gasteiger partial charge is 0.175 e. The maximum Gasteiger partial charge on any atom is 0.175 e. The highest BCUT2D eigenvalue weighted by Gasteiger charge is 2.14. The van der Waals surface area contributed by atoms with Crippen molar-refractivity contribution in [1.82, 2.24) is 0 Å². The predicted molar refractivity (Wildman–Crippen MR) is 45.7 cm³/mol. The summed E-state index contributed by atoms with van der Waals surface area (Å²) in [6.07, 6.45) is 0.705. The molecule has 3 heteroatoms. The van der Waals surface area contributed by atoms with Crippen LogP contribution in [0.1, 0.15) is 6.42 Å². The molecule has 1 unspecified atom stereocenters. The van der Waals surface area contributed by atoms with E-state index < -0.39 is 0 Å². The summed E-state index contributed by atoms with van der Waals surface area (Å²) in [6.45, 7) is 0.596. The first-order valence-electron chi connectivity index (χ1n) is 3.80. The van der Waals surface area contributed by atoms with Crippen molar-refractivity contribution in [2.24, 2.45) is 0 Å². The first-order chi connectivity index (χ1) is 5.86. The molecule has 1 atom stereocenters. The molecular weight excluding hydrogens is 176 g/mol. The lowest BCUT2D eigenvalue weighted by Crippen LogP contribution is -2.08. The van der Waals surface area contributed by atoms with Gasteiger partial charge in [-0.25, -0.2) is 0 Å². The van der Waals surface area contributed by atoms with Gasteiger partial charge in [-0.15, -0.1) is 0 Å². The zero-order valence-electron chi connectivity index (χ0n) is 6.42. The summed E-state index contributed by atoms with van der Waals surface area (Å²) in [6, 6.07) is 8.25. The van der Waals surface area contributed by atoms with Crippen LogP contribution in [0.2, 0.25) is 0 Å². The average Bonchev–Trinajstić information content (AvgIpc) is 2.25. The highest BCUT2D eigenvalue weighted by atomic mass is 35.5. The molecule has 0 amide bonds. The number of alkyl halides is 1. The van der Waals surface area contributed by atoms with E-state index in [2.05, 4.69) is 6.07 Å². The number of ether oxygens (including phenoxy) is 2. The van der Waals surface area contributed by atoms with Crippen molar-refractivity contribution in [3.63, 3.8) is 0 Å². The van der Waals surface area contributed by atoms with Gasteiger partial charge in [0.05, 0.1) is 6.61 Å². The van der Waals surface area contributed by atoms with E-state index in [1.54, 1.807) is 18.2 Å². The van der Waals surface area contributed by atoms with Crippen LogP contribution in [0, 0.1) is 6.07 Å². The van der Waals surface area contributed by atoms with Crippen LogP contribution in [-0.4, -0.2) is 12.2 Å². The Kier molecular flexibility index (Phi) is 2.09. The summed E-state index contributed by atoms with van der Waals surface area (Å²) < 4.78 is 10.8. The van der Waals surface area contributed by atoms with Gasteiger partial charge in [-0.1, -0.05) is 17.7 Å². The predicted octanol–water partition coefficient (Wildman–Crippen LogP) is 2.21. The minimum atomic E-state index is -0.284. The monoisotopic (exact) mass is 183 g/mol. The quantitative estimate of drug-likeness (QED) is 0.575. The van der Waals surface area contributed by atoms with Crippen LogP contribution in [-0.2, 0) is 0 Å². The molecule has 0 aromatic heterocycles. The first-order valence-corrected chi connectivity index (χ1v) is 4.23. The second-order valence-electron chi connectivity index (χ2n) is 2.54. The Balaban J connectivity index is 2.31. The summed E-state index contributed by atoms with van der Waals surface area (Å²) in [7, 11) is 0. The third-order valence-corrected chi connectivity index (χ3v) is 1.95. The Morgan fingerprint density at radius 2 is 2.42 bits per heavy atom. The van der Waals surface area contributed by atoms with Crippen molar-refractivity contribution < 1.29 is 9.47 Å². The number of benzene rings is 1. The van der Waals surface area contributed by atoms with Crippen molar-refractivity contribution in [3.05, 3.63) is 24.3 Å². The van der Waals surface area contributed by atoms with Gasteiger partial charge in [-0.3, -0.25) is 0 Å². The molecule has 0 fully saturated rings. The molecular formula is C9H8ClO2. The summed E-state index contributed by atoms with van der Waals surface area (Å²) in [5.41, 5.74) is -0.284. The summed E-state index contributed by atoms with van der Waals surface area (Å²) in [5, 5.41) is 0. The molecule has 12 heavy (non-hydrogen) atoms. The second kappa shape index (κ2) is 3.23. The molecule has 1 aromatic rings. The molecule has 0 saturated heterocycles. The number of rotatable bonds is 0. The average molecular weight is 184 g/mol. The Labute approximate surface area is 76.1 Å². The van der Waals surface area contributed by atoms with Crippen molar-refractivity contribution >= 4 is 11.6 Å². The Morgan fingerprint density at radius 1 is 1.50 bits per heavy atom. The minimum Gasteiger partial charge on any atom is -0.489 e. The zero-order chi connectivity index (χ0) is 8.39. The van der Waals surface area contributed by atoms with E-state index in [4.69, 9.17) is 21.1 Å². The van der Waals surface area contributed by atoms with Crippen LogP contribution < -0.4 is 9.47 Å². The van der Waals surface area contributed by atoms with Gasteiger partial charge in [-0.2, -0.15) is 0 Å². The fourth-order valence-corrected chi connectivity index (χ4v) is 1.25. The van der Waals surface area contributed by atoms with Gasteiger partial charge in [0.1, 0.15) is 0 Å². The third kappa shape index (κ3) is 1.48. The fraction of sp³-hybridized carbons (Fsp3) is 0.333. The number of halogens is 1. The maximum absolute atomic E-state index is 5.84. The Morgan fingerprint density at radius 3 is 3.33 bits per heavy atom. The van der Waals surface area contributed by atoms with E-state index in [1.165, 1.54) is 0 Å². The molecule has 1 aromatic carbocycles. The number of hydrogen-bond donors (Lipinski definition) is 0. The lowest BCUT2D eigenvalue weighted by Gasteiger charge is -2.07. The van der Waals surface area contributed by atoms with Gasteiger partial charge < -0.3 is 9.47 Å². The van der Waals surface area contributed by atoms with Crippen molar-refractivity contribution in [2.75, 3.05) is 6.61 Å². The van der Waals surface area contributed by atoms with Crippen LogP contribution in [0.15, 0.2) is 18.2 Å². The normalized spacial score (nSPS) is 21.6. The fourth-order valence-electron chi connectivity index (χ4n) is 1.07. The van der Waals surface area contributed by atoms with Gasteiger partial charge in [0.15, 0.2) is 17.1 Å². The number of fused-ring (bicyclic) bond motifs is 1. The van der Waals surface area contributed by atoms with E-state index in [-0.39, 0.29) is 5.56 Å². The van der Waals surface area contributed by atoms with Crippen LogP contribution in [0.4, 0.5) is 0 Å². The van der Waals surface area contributed by atoms with E-state index in [0.29, 0.717) is 18.8 Å². The molecule has 0 N–H and O–H groups in total. The van der Waals surface area contributed by atoms with Gasteiger partial charge in [0.2, 0.25) is 0 Å². The summed E-state index contributed by atoms with van der Waals surface area (Å²) in [4.78, 5) is 0. The lowest BCUT2D eigenvalue weighted by atomic mass is 10.3. The van der Waals surface area contributed by atoms with Gasteiger partial charge in [0, 0.05) is 6.42 Å². The first kappa shape index (κ1) is 7.74. The molecule has 0 bridgehead atoms. The molecule has 1 radical (unpaired) electrons. The topological polar surface area (TPSA) is 18.5 Å². The van der Waals surface area contributed by atoms with Crippen molar-refractivity contribution in [1.29, 1.82) is 0 Å². The van der Waals surface area contributed by atoms with Gasteiger partial charge >= 0.3 is 0 Å². The highest BCUT2D eigenvalue weighted by Crippen LogP contribution is 2.30. The molecule has 0 saturated carbocycles. The van der Waals surface area contributed by atoms with Crippen molar-refractivity contribution in [2.45, 2.75) is 12.0 Å². The van der Waals surface area contributed by atoms with E-state index in [9.17, 15) is 0 Å². The van der Waals surface area contributed by atoms with Crippen molar-refractivity contribution in [3.8, 4) is 11.5 Å². The third-order valence-electron chi connectivity index (χ3n) is 1.65. The number of hydrogen-bond acceptors (Lipinski definition) is 2. The van der Waals surface area contributed by atoms with Gasteiger partial charge in [0.25, 0.3) is 0 Å². The van der Waals surface area contributed by atoms with E-state index in [1.807, 2.05) is 0 Å². The molecule has 63 valence electrons. The summed E-state index contributed by atoms with van der Waals surface area (Å²) in [5.74, 6) is 1.42. The summed E-state index contributed by atoms with van der Waals surface area (Å²) >= 11 is 5.84. The second-order valence-corrected chi connectivity index (χ2v) is 3.02. The molecule has 0 aliphatic carbocycles.